The summed E-state index contributed by atoms with van der Waals surface area (Å²) in [6.07, 6.45) is 0.869. The molecular formula is C20H24FN5O3S. The maximum absolute atomic E-state index is 12.9. The van der Waals surface area contributed by atoms with E-state index in [0.29, 0.717) is 11.1 Å². The Hall–Kier alpha value is -2.85. The Kier molecular flexibility index (Phi) is 6.47. The van der Waals surface area contributed by atoms with E-state index in [0.717, 1.165) is 16.2 Å². The van der Waals surface area contributed by atoms with E-state index < -0.39 is 15.9 Å². The molecule has 0 saturated carbocycles. The molecule has 3 rings (SSSR count). The molecule has 1 N–H and O–H groups in total. The number of nitrogens with one attached hydrogen (secondary N) is 1. The molecule has 0 unspecified atom stereocenters. The minimum Gasteiger partial charge on any atom is -0.351 e. The van der Waals surface area contributed by atoms with Crippen LogP contribution in [0, 0.1) is 5.82 Å². The van der Waals surface area contributed by atoms with Crippen molar-refractivity contribution in [3.05, 3.63) is 53.8 Å². The van der Waals surface area contributed by atoms with Crippen LogP contribution in [0.25, 0.3) is 11.0 Å². The van der Waals surface area contributed by atoms with Crippen LogP contribution in [0.3, 0.4) is 0 Å². The van der Waals surface area contributed by atoms with Crippen molar-refractivity contribution in [3.63, 3.8) is 0 Å². The van der Waals surface area contributed by atoms with Crippen molar-refractivity contribution in [2.24, 2.45) is 0 Å². The Balaban J connectivity index is 1.69. The van der Waals surface area contributed by atoms with Gasteiger partial charge in [0.1, 0.15) is 11.3 Å². The third kappa shape index (κ3) is 4.65. The van der Waals surface area contributed by atoms with Crippen molar-refractivity contribution in [1.29, 1.82) is 0 Å². The number of rotatable bonds is 8. The highest BCUT2D eigenvalue weighted by molar-refractivity contribution is 7.89. The molecule has 2 aromatic carbocycles. The summed E-state index contributed by atoms with van der Waals surface area (Å²) < 4.78 is 41.4. The van der Waals surface area contributed by atoms with Crippen LogP contribution >= 0.6 is 0 Å². The van der Waals surface area contributed by atoms with E-state index in [9.17, 15) is 17.6 Å². The second-order valence-electron chi connectivity index (χ2n) is 7.11. The summed E-state index contributed by atoms with van der Waals surface area (Å²) in [7, 11) is -2.54. The molecule has 8 nitrogen and oxygen atoms in total. The summed E-state index contributed by atoms with van der Waals surface area (Å²) in [5.74, 6) is -0.828. The van der Waals surface area contributed by atoms with E-state index in [2.05, 4.69) is 15.6 Å². The van der Waals surface area contributed by atoms with E-state index >= 15 is 0 Å². The number of carbonyl (C=O) groups excluding carboxylic acids is 1. The molecule has 0 bridgehead atoms. The number of hydrogen-bond acceptors (Lipinski definition) is 5. The number of fused-ring (bicyclic) bond motifs is 1. The summed E-state index contributed by atoms with van der Waals surface area (Å²) >= 11 is 0. The summed E-state index contributed by atoms with van der Waals surface area (Å²) in [4.78, 5) is 12.2. The van der Waals surface area contributed by atoms with Gasteiger partial charge in [-0.05, 0) is 49.2 Å². The number of aromatic nitrogens is 3. The standard InChI is InChI=1S/C20H24FN5O3S/c1-4-14(2)26-19-10-9-17(11-18(19)23-24-26)30(28,29)25(3)13-20(27)22-12-15-5-7-16(21)8-6-15/h5-11,14H,4,12-13H2,1-3H3,(H,22,27)/t14-/m1/s1. The van der Waals surface area contributed by atoms with E-state index in [-0.39, 0.29) is 29.8 Å². The fraction of sp³-hybridized carbons (Fsp3) is 0.350. The van der Waals surface area contributed by atoms with Crippen LogP contribution in [0.1, 0.15) is 31.9 Å². The minimum atomic E-state index is -3.88. The molecule has 0 aliphatic rings. The van der Waals surface area contributed by atoms with Gasteiger partial charge in [0.25, 0.3) is 0 Å². The molecule has 0 spiro atoms. The van der Waals surface area contributed by atoms with Gasteiger partial charge in [-0.1, -0.05) is 24.3 Å². The summed E-state index contributed by atoms with van der Waals surface area (Å²) in [5.41, 5.74) is 1.94. The van der Waals surface area contributed by atoms with Crippen LogP contribution in [0.15, 0.2) is 47.4 Å². The quantitative estimate of drug-likeness (QED) is 0.589. The third-order valence-electron chi connectivity index (χ3n) is 4.93. The largest absolute Gasteiger partial charge is 0.351 e. The molecule has 0 aliphatic carbocycles. The zero-order valence-corrected chi connectivity index (χ0v) is 17.9. The molecule has 1 atom stereocenters. The molecule has 0 radical (unpaired) electrons. The number of amides is 1. The molecule has 30 heavy (non-hydrogen) atoms. The van der Waals surface area contributed by atoms with Gasteiger partial charge in [-0.15, -0.1) is 5.10 Å². The molecule has 1 amide bonds. The number of sulfonamides is 1. The van der Waals surface area contributed by atoms with Crippen molar-refractivity contribution in [3.8, 4) is 0 Å². The molecule has 0 aliphatic heterocycles. The minimum absolute atomic E-state index is 0.0417. The molecule has 10 heteroatoms. The van der Waals surface area contributed by atoms with Gasteiger partial charge in [0, 0.05) is 13.6 Å². The van der Waals surface area contributed by atoms with Gasteiger partial charge in [-0.3, -0.25) is 4.79 Å². The van der Waals surface area contributed by atoms with E-state index in [1.807, 2.05) is 13.8 Å². The van der Waals surface area contributed by atoms with Gasteiger partial charge >= 0.3 is 0 Å². The SMILES string of the molecule is CC[C@@H](C)n1nnc2cc(S(=O)(=O)N(C)CC(=O)NCc3ccc(F)cc3)ccc21. The van der Waals surface area contributed by atoms with Crippen LogP contribution in [0.5, 0.6) is 0 Å². The van der Waals surface area contributed by atoms with Crippen molar-refractivity contribution >= 4 is 27.0 Å². The lowest BCUT2D eigenvalue weighted by atomic mass is 10.2. The van der Waals surface area contributed by atoms with Crippen LogP contribution < -0.4 is 5.32 Å². The highest BCUT2D eigenvalue weighted by atomic mass is 32.2. The smallest absolute Gasteiger partial charge is 0.243 e. The zero-order valence-electron chi connectivity index (χ0n) is 17.0. The second kappa shape index (κ2) is 8.88. The average molecular weight is 434 g/mol. The number of carbonyl (C=O) groups is 1. The molecule has 0 saturated heterocycles. The summed E-state index contributed by atoms with van der Waals surface area (Å²) in [5, 5.41) is 10.8. The number of nitrogens with zero attached hydrogens (tertiary/aromatic N) is 4. The second-order valence-corrected chi connectivity index (χ2v) is 9.15. The first kappa shape index (κ1) is 21.8. The molecule has 1 aromatic heterocycles. The summed E-state index contributed by atoms with van der Waals surface area (Å²) in [6, 6.07) is 10.5. The highest BCUT2D eigenvalue weighted by Gasteiger charge is 2.24. The number of benzene rings is 2. The Morgan fingerprint density at radius 3 is 2.60 bits per heavy atom. The predicted octanol–water partition coefficient (Wildman–Crippen LogP) is 2.48. The normalized spacial score (nSPS) is 13.0. The molecule has 0 fully saturated rings. The van der Waals surface area contributed by atoms with E-state index in [1.165, 1.54) is 31.3 Å². The fourth-order valence-electron chi connectivity index (χ4n) is 2.91. The van der Waals surface area contributed by atoms with Gasteiger partial charge < -0.3 is 5.32 Å². The maximum atomic E-state index is 12.9. The Morgan fingerprint density at radius 2 is 1.93 bits per heavy atom. The van der Waals surface area contributed by atoms with Crippen molar-refractivity contribution in [2.45, 2.75) is 37.8 Å². The number of hydrogen-bond donors (Lipinski definition) is 1. The lowest BCUT2D eigenvalue weighted by Gasteiger charge is -2.17. The topological polar surface area (TPSA) is 97.2 Å². The molecular weight excluding hydrogens is 409 g/mol. The van der Waals surface area contributed by atoms with E-state index in [1.54, 1.807) is 22.9 Å². The van der Waals surface area contributed by atoms with Crippen molar-refractivity contribution < 1.29 is 17.6 Å². The monoisotopic (exact) mass is 433 g/mol. The van der Waals surface area contributed by atoms with Gasteiger partial charge in [-0.25, -0.2) is 17.5 Å². The van der Waals surface area contributed by atoms with E-state index in [4.69, 9.17) is 0 Å². The number of halogens is 1. The average Bonchev–Trinajstić information content (AvgIpc) is 3.16. The van der Waals surface area contributed by atoms with Crippen LogP contribution in [-0.2, 0) is 21.4 Å². The van der Waals surface area contributed by atoms with Crippen molar-refractivity contribution in [1.82, 2.24) is 24.6 Å². The van der Waals surface area contributed by atoms with Crippen LogP contribution in [0.4, 0.5) is 4.39 Å². The van der Waals surface area contributed by atoms with Crippen molar-refractivity contribution in [2.75, 3.05) is 13.6 Å². The van der Waals surface area contributed by atoms with Crippen LogP contribution in [-0.4, -0.2) is 47.2 Å². The Morgan fingerprint density at radius 1 is 1.23 bits per heavy atom. The lowest BCUT2D eigenvalue weighted by Crippen LogP contribution is -2.38. The fourth-order valence-corrected chi connectivity index (χ4v) is 4.05. The van der Waals surface area contributed by atoms with Gasteiger partial charge in [-0.2, -0.15) is 4.31 Å². The summed E-state index contributed by atoms with van der Waals surface area (Å²) in [6.45, 7) is 3.88. The van der Waals surface area contributed by atoms with Gasteiger partial charge in [0.05, 0.1) is 23.0 Å². The molecule has 3 aromatic rings. The predicted molar refractivity (Wildman–Crippen MR) is 111 cm³/mol. The van der Waals surface area contributed by atoms with Gasteiger partial charge in [0.2, 0.25) is 15.9 Å². The lowest BCUT2D eigenvalue weighted by molar-refractivity contribution is -0.121. The Bertz CT molecular complexity index is 1140. The first-order chi connectivity index (χ1) is 14.2. The zero-order chi connectivity index (χ0) is 21.9. The number of likely N-dealkylation sites (N-methyl/N-ethyl adjacent to an activating group) is 1. The Labute approximate surface area is 174 Å². The molecule has 160 valence electrons. The molecule has 1 heterocycles. The first-order valence-electron chi connectivity index (χ1n) is 9.54. The highest BCUT2D eigenvalue weighted by Crippen LogP contribution is 2.22. The maximum Gasteiger partial charge on any atom is 0.243 e. The van der Waals surface area contributed by atoms with Crippen LogP contribution in [0.2, 0.25) is 0 Å². The third-order valence-corrected chi connectivity index (χ3v) is 6.73. The first-order valence-corrected chi connectivity index (χ1v) is 11.0. The van der Waals surface area contributed by atoms with Gasteiger partial charge in [0.15, 0.2) is 0 Å².